The minimum atomic E-state index is -1.33. The molecular formula is C11H11NO4-2. The van der Waals surface area contributed by atoms with E-state index in [2.05, 4.69) is 0 Å². The van der Waals surface area contributed by atoms with E-state index in [-0.39, 0.29) is 0 Å². The zero-order chi connectivity index (χ0) is 12.1. The van der Waals surface area contributed by atoms with E-state index in [1.54, 1.807) is 24.3 Å². The van der Waals surface area contributed by atoms with Crippen molar-refractivity contribution in [2.24, 2.45) is 0 Å². The highest BCUT2D eigenvalue weighted by Gasteiger charge is 2.06. The molecule has 0 aliphatic heterocycles. The predicted octanol–water partition coefficient (Wildman–Crippen LogP) is -1.70. The van der Waals surface area contributed by atoms with Gasteiger partial charge in [-0.15, -0.1) is 0 Å². The number of carbonyl (C=O) groups is 2. The topological polar surface area (TPSA) is 83.5 Å². The van der Waals surface area contributed by atoms with Crippen molar-refractivity contribution in [2.45, 2.75) is 6.92 Å². The number of benzene rings is 1. The highest BCUT2D eigenvalue weighted by Crippen LogP contribution is 2.14. The summed E-state index contributed by atoms with van der Waals surface area (Å²) in [4.78, 5) is 22.1. The molecule has 0 amide bonds. The standard InChI is InChI=1S/C11H13NO4/c1-8-2-4-9(5-3-8)12(6-10(13)14)7-11(15)16/h2-5H,6-7H2,1H3,(H,13,14)(H,15,16)/p-2. The molecule has 0 unspecified atom stereocenters. The Morgan fingerprint density at radius 2 is 1.50 bits per heavy atom. The Bertz CT molecular complexity index is 369. The molecule has 0 N–H and O–H groups in total. The second kappa shape index (κ2) is 5.16. The second-order valence-electron chi connectivity index (χ2n) is 3.44. The van der Waals surface area contributed by atoms with Crippen LogP contribution in [0.5, 0.6) is 0 Å². The SMILES string of the molecule is Cc1ccc(N(CC(=O)[O-])CC(=O)[O-])cc1. The van der Waals surface area contributed by atoms with Crippen molar-refractivity contribution in [1.29, 1.82) is 0 Å². The van der Waals surface area contributed by atoms with Crippen LogP contribution in [0.3, 0.4) is 0 Å². The van der Waals surface area contributed by atoms with Crippen LogP contribution in [0.1, 0.15) is 5.56 Å². The van der Waals surface area contributed by atoms with Crippen molar-refractivity contribution in [3.8, 4) is 0 Å². The van der Waals surface area contributed by atoms with Crippen LogP contribution in [0.4, 0.5) is 5.69 Å². The average molecular weight is 221 g/mol. The predicted molar refractivity (Wildman–Crippen MR) is 53.4 cm³/mol. The van der Waals surface area contributed by atoms with Gasteiger partial charge in [0.15, 0.2) is 0 Å². The van der Waals surface area contributed by atoms with Crippen LogP contribution in [0.15, 0.2) is 24.3 Å². The molecule has 1 aromatic rings. The number of hydrogen-bond acceptors (Lipinski definition) is 5. The van der Waals surface area contributed by atoms with Gasteiger partial charge >= 0.3 is 0 Å². The highest BCUT2D eigenvalue weighted by molar-refractivity contribution is 5.77. The van der Waals surface area contributed by atoms with Crippen LogP contribution in [-0.2, 0) is 9.59 Å². The smallest absolute Gasteiger partial charge is 0.0608 e. The van der Waals surface area contributed by atoms with E-state index in [1.165, 1.54) is 4.90 Å². The summed E-state index contributed by atoms with van der Waals surface area (Å²) in [5.74, 6) is -2.66. The Balaban J connectivity index is 2.86. The molecule has 0 bridgehead atoms. The third-order valence-corrected chi connectivity index (χ3v) is 2.04. The molecular weight excluding hydrogens is 210 g/mol. The minimum absolute atomic E-state index is 0.475. The highest BCUT2D eigenvalue weighted by atomic mass is 16.4. The van der Waals surface area contributed by atoms with E-state index in [0.29, 0.717) is 5.69 Å². The van der Waals surface area contributed by atoms with Crippen molar-refractivity contribution in [1.82, 2.24) is 0 Å². The number of carboxylic acid groups (broad SMARTS) is 2. The zero-order valence-electron chi connectivity index (χ0n) is 8.80. The number of anilines is 1. The molecule has 0 heterocycles. The third-order valence-electron chi connectivity index (χ3n) is 2.04. The van der Waals surface area contributed by atoms with Crippen molar-refractivity contribution in [2.75, 3.05) is 18.0 Å². The molecule has 1 rings (SSSR count). The third kappa shape index (κ3) is 3.61. The summed E-state index contributed by atoms with van der Waals surface area (Å²) in [7, 11) is 0. The largest absolute Gasteiger partial charge is 0.548 e. The molecule has 0 saturated carbocycles. The molecule has 0 aliphatic rings. The number of hydrogen-bond donors (Lipinski definition) is 0. The van der Waals surface area contributed by atoms with Gasteiger partial charge in [-0.25, -0.2) is 0 Å². The number of nitrogens with zero attached hydrogens (tertiary/aromatic N) is 1. The zero-order valence-corrected chi connectivity index (χ0v) is 8.80. The maximum atomic E-state index is 10.5. The van der Waals surface area contributed by atoms with Gasteiger partial charge in [0.25, 0.3) is 0 Å². The molecule has 0 radical (unpaired) electrons. The van der Waals surface area contributed by atoms with E-state index >= 15 is 0 Å². The average Bonchev–Trinajstić information content (AvgIpc) is 2.16. The quantitative estimate of drug-likeness (QED) is 0.592. The van der Waals surface area contributed by atoms with Crippen molar-refractivity contribution in [3.63, 3.8) is 0 Å². The van der Waals surface area contributed by atoms with Gasteiger partial charge in [-0.05, 0) is 19.1 Å². The first-order chi connectivity index (χ1) is 7.49. The molecule has 1 aromatic carbocycles. The van der Waals surface area contributed by atoms with Gasteiger partial charge in [-0.2, -0.15) is 0 Å². The molecule has 0 aliphatic carbocycles. The molecule has 0 saturated heterocycles. The summed E-state index contributed by atoms with van der Waals surface area (Å²) in [6, 6.07) is 6.85. The fourth-order valence-corrected chi connectivity index (χ4v) is 1.31. The fraction of sp³-hybridized carbons (Fsp3) is 0.273. The second-order valence-corrected chi connectivity index (χ2v) is 3.44. The fourth-order valence-electron chi connectivity index (χ4n) is 1.31. The number of carboxylic acids is 2. The van der Waals surface area contributed by atoms with E-state index < -0.39 is 25.0 Å². The lowest BCUT2D eigenvalue weighted by atomic mass is 10.2. The number of rotatable bonds is 5. The van der Waals surface area contributed by atoms with E-state index in [4.69, 9.17) is 0 Å². The van der Waals surface area contributed by atoms with Crippen LogP contribution < -0.4 is 15.1 Å². The molecule has 16 heavy (non-hydrogen) atoms. The summed E-state index contributed by atoms with van der Waals surface area (Å²) < 4.78 is 0. The Morgan fingerprint density at radius 3 is 1.88 bits per heavy atom. The first kappa shape index (κ1) is 12.0. The lowest BCUT2D eigenvalue weighted by Crippen LogP contribution is -2.44. The Kier molecular flexibility index (Phi) is 3.88. The Morgan fingerprint density at radius 1 is 1.06 bits per heavy atom. The maximum Gasteiger partial charge on any atom is 0.0608 e. The molecule has 0 aromatic heterocycles. The van der Waals surface area contributed by atoms with Gasteiger partial charge in [0.05, 0.1) is 25.0 Å². The van der Waals surface area contributed by atoms with Crippen LogP contribution >= 0.6 is 0 Å². The van der Waals surface area contributed by atoms with E-state index in [9.17, 15) is 19.8 Å². The van der Waals surface area contributed by atoms with E-state index in [1.807, 2.05) is 6.92 Å². The normalized spacial score (nSPS) is 9.81. The lowest BCUT2D eigenvalue weighted by Gasteiger charge is -2.25. The van der Waals surface area contributed by atoms with Crippen LogP contribution in [0.2, 0.25) is 0 Å². The summed E-state index contributed by atoms with van der Waals surface area (Å²) in [6.07, 6.45) is 0. The number of aliphatic carboxylic acids is 2. The summed E-state index contributed by atoms with van der Waals surface area (Å²) in [6.45, 7) is 0.930. The molecule has 5 heteroatoms. The van der Waals surface area contributed by atoms with Gasteiger partial charge in [0, 0.05) is 5.69 Å². The van der Waals surface area contributed by atoms with Crippen molar-refractivity contribution in [3.05, 3.63) is 29.8 Å². The minimum Gasteiger partial charge on any atom is -0.548 e. The van der Waals surface area contributed by atoms with Gasteiger partial charge < -0.3 is 24.7 Å². The van der Waals surface area contributed by atoms with Crippen molar-refractivity contribution >= 4 is 17.6 Å². The molecule has 86 valence electrons. The first-order valence-electron chi connectivity index (χ1n) is 4.70. The monoisotopic (exact) mass is 221 g/mol. The number of aryl methyl sites for hydroxylation is 1. The molecule has 5 nitrogen and oxygen atoms in total. The summed E-state index contributed by atoms with van der Waals surface area (Å²) >= 11 is 0. The van der Waals surface area contributed by atoms with Crippen LogP contribution in [-0.4, -0.2) is 25.0 Å². The van der Waals surface area contributed by atoms with Gasteiger partial charge in [-0.3, -0.25) is 0 Å². The van der Waals surface area contributed by atoms with Gasteiger partial charge in [-0.1, -0.05) is 17.7 Å². The van der Waals surface area contributed by atoms with Gasteiger partial charge in [0.1, 0.15) is 0 Å². The first-order valence-corrected chi connectivity index (χ1v) is 4.70. The Hall–Kier alpha value is -2.04. The van der Waals surface area contributed by atoms with Crippen LogP contribution in [0.25, 0.3) is 0 Å². The molecule has 0 fully saturated rings. The van der Waals surface area contributed by atoms with Crippen LogP contribution in [0, 0.1) is 6.92 Å². The summed E-state index contributed by atoms with van der Waals surface area (Å²) in [5.41, 5.74) is 1.52. The van der Waals surface area contributed by atoms with Crippen molar-refractivity contribution < 1.29 is 19.8 Å². The number of carbonyl (C=O) groups excluding carboxylic acids is 2. The molecule has 0 atom stereocenters. The Labute approximate surface area is 92.9 Å². The van der Waals surface area contributed by atoms with Gasteiger partial charge in [0.2, 0.25) is 0 Å². The van der Waals surface area contributed by atoms with E-state index in [0.717, 1.165) is 5.56 Å². The molecule has 0 spiro atoms. The lowest BCUT2D eigenvalue weighted by molar-refractivity contribution is -0.304. The maximum absolute atomic E-state index is 10.5. The summed E-state index contributed by atoms with van der Waals surface area (Å²) in [5, 5.41) is 20.9.